The minimum atomic E-state index is -5.15. The normalized spacial score (nSPS) is 14.3. The van der Waals surface area contributed by atoms with Gasteiger partial charge in [-0.15, -0.1) is 0 Å². The third kappa shape index (κ3) is 5.18. The number of halogens is 6. The molecule has 0 fully saturated rings. The average molecular weight is 555 g/mol. The molecule has 12 heteroatoms. The minimum Gasteiger partial charge on any atom is -0.375 e. The highest BCUT2D eigenvalue weighted by atomic mass is 32.2. The van der Waals surface area contributed by atoms with Crippen LogP contribution in [0.25, 0.3) is 28.2 Å². The predicted molar refractivity (Wildman–Crippen MR) is 128 cm³/mol. The number of sulfone groups is 1. The number of aliphatic hydroxyl groups is 1. The van der Waals surface area contributed by atoms with Crippen molar-refractivity contribution in [3.05, 3.63) is 90.3 Å². The Balaban J connectivity index is 1.89. The molecule has 3 aromatic carbocycles. The molecule has 0 spiro atoms. The number of hydrogen-bond acceptors (Lipinski definition) is 4. The first-order valence-corrected chi connectivity index (χ1v) is 12.9. The first kappa shape index (κ1) is 27.4. The Morgan fingerprint density at radius 1 is 0.842 bits per heavy atom. The number of benzene rings is 3. The molecule has 0 amide bonds. The lowest BCUT2D eigenvalue weighted by atomic mass is 10.0. The van der Waals surface area contributed by atoms with E-state index >= 15 is 0 Å². The monoisotopic (exact) mass is 554 g/mol. The van der Waals surface area contributed by atoms with Crippen LogP contribution in [0.15, 0.2) is 83.9 Å². The van der Waals surface area contributed by atoms with Gasteiger partial charge in [-0.3, -0.25) is 4.57 Å². The fourth-order valence-corrected chi connectivity index (χ4v) is 4.46. The van der Waals surface area contributed by atoms with Crippen LogP contribution in [0.4, 0.5) is 26.3 Å². The van der Waals surface area contributed by atoms with E-state index in [-0.39, 0.29) is 10.6 Å². The summed E-state index contributed by atoms with van der Waals surface area (Å²) in [5.74, 6) is -0.454. The van der Waals surface area contributed by atoms with E-state index in [0.717, 1.165) is 35.2 Å². The molecule has 0 saturated carbocycles. The summed E-state index contributed by atoms with van der Waals surface area (Å²) < 4.78 is 107. The molecule has 5 nitrogen and oxygen atoms in total. The zero-order valence-corrected chi connectivity index (χ0v) is 20.7. The van der Waals surface area contributed by atoms with Gasteiger partial charge in [0.25, 0.3) is 0 Å². The molecule has 1 aromatic heterocycles. The third-order valence-electron chi connectivity index (χ3n) is 5.97. The number of hydrogen-bond donors (Lipinski definition) is 1. The van der Waals surface area contributed by atoms with Crippen LogP contribution in [0, 0.1) is 0 Å². The van der Waals surface area contributed by atoms with Crippen LogP contribution in [0.5, 0.6) is 0 Å². The first-order chi connectivity index (χ1) is 17.5. The van der Waals surface area contributed by atoms with Crippen LogP contribution in [0.2, 0.25) is 0 Å². The van der Waals surface area contributed by atoms with Crippen molar-refractivity contribution in [3.63, 3.8) is 0 Å². The topological polar surface area (TPSA) is 72.2 Å². The van der Waals surface area contributed by atoms with Crippen molar-refractivity contribution in [2.75, 3.05) is 6.26 Å². The van der Waals surface area contributed by atoms with Gasteiger partial charge in [-0.25, -0.2) is 13.4 Å². The Morgan fingerprint density at radius 3 is 2.05 bits per heavy atom. The molecule has 0 aliphatic carbocycles. The van der Waals surface area contributed by atoms with E-state index in [1.807, 2.05) is 0 Å². The maximum Gasteiger partial charge on any atom is 0.422 e. The Hall–Kier alpha value is -3.64. The molecule has 1 atom stereocenters. The summed E-state index contributed by atoms with van der Waals surface area (Å²) in [6.45, 7) is 0.469. The first-order valence-electron chi connectivity index (χ1n) is 11.0. The second kappa shape index (κ2) is 9.28. The largest absolute Gasteiger partial charge is 0.422 e. The van der Waals surface area contributed by atoms with Gasteiger partial charge in [-0.1, -0.05) is 42.5 Å². The van der Waals surface area contributed by atoms with Gasteiger partial charge in [0.15, 0.2) is 9.84 Å². The molecular formula is C26H20F6N2O3S. The highest BCUT2D eigenvalue weighted by Crippen LogP contribution is 2.42. The van der Waals surface area contributed by atoms with Gasteiger partial charge in [0.2, 0.25) is 5.60 Å². The highest BCUT2D eigenvalue weighted by Gasteiger charge is 2.53. The second-order valence-corrected chi connectivity index (χ2v) is 10.8. The van der Waals surface area contributed by atoms with Crippen LogP contribution in [0.3, 0.4) is 0 Å². The lowest BCUT2D eigenvalue weighted by Crippen LogP contribution is -2.39. The quantitative estimate of drug-likeness (QED) is 0.290. The van der Waals surface area contributed by atoms with E-state index in [9.17, 15) is 39.9 Å². The van der Waals surface area contributed by atoms with Crippen LogP contribution >= 0.6 is 0 Å². The minimum absolute atomic E-state index is 0.0822. The van der Waals surface area contributed by atoms with Gasteiger partial charge in [-0.2, -0.15) is 26.3 Å². The van der Waals surface area contributed by atoms with Crippen LogP contribution in [-0.2, 0) is 21.6 Å². The maximum atomic E-state index is 13.7. The van der Waals surface area contributed by atoms with E-state index in [1.165, 1.54) is 42.5 Å². The predicted octanol–water partition coefficient (Wildman–Crippen LogP) is 6.40. The summed E-state index contributed by atoms with van der Waals surface area (Å²) in [6, 6.07) is 16.3. The number of rotatable bonds is 5. The molecule has 4 aromatic rings. The Labute approximate surface area is 213 Å². The molecule has 0 aliphatic rings. The van der Waals surface area contributed by atoms with E-state index in [0.29, 0.717) is 18.1 Å². The summed E-state index contributed by atoms with van der Waals surface area (Å²) in [4.78, 5) is 3.90. The van der Waals surface area contributed by atoms with Gasteiger partial charge in [0.1, 0.15) is 11.5 Å². The summed E-state index contributed by atoms with van der Waals surface area (Å²) in [6.07, 6.45) is -8.08. The summed E-state index contributed by atoms with van der Waals surface area (Å²) >= 11 is 0. The van der Waals surface area contributed by atoms with Crippen molar-refractivity contribution in [2.24, 2.45) is 0 Å². The van der Waals surface area contributed by atoms with Crippen molar-refractivity contribution in [2.45, 2.75) is 29.8 Å². The summed E-state index contributed by atoms with van der Waals surface area (Å²) in [7, 11) is -3.48. The summed E-state index contributed by atoms with van der Waals surface area (Å²) in [5, 5.41) is 10.2. The van der Waals surface area contributed by atoms with Gasteiger partial charge in [0.05, 0.1) is 10.5 Å². The van der Waals surface area contributed by atoms with Crippen molar-refractivity contribution >= 4 is 9.84 Å². The molecular weight excluding hydrogens is 534 g/mol. The van der Waals surface area contributed by atoms with E-state index in [2.05, 4.69) is 4.98 Å². The van der Waals surface area contributed by atoms with Gasteiger partial charge in [0, 0.05) is 23.7 Å². The Morgan fingerprint density at radius 2 is 1.47 bits per heavy atom. The molecule has 0 saturated heterocycles. The lowest BCUT2D eigenvalue weighted by molar-refractivity contribution is -0.260. The molecule has 4 rings (SSSR count). The van der Waals surface area contributed by atoms with Crippen LogP contribution < -0.4 is 0 Å². The third-order valence-corrected chi connectivity index (χ3v) is 7.08. The van der Waals surface area contributed by atoms with Crippen molar-refractivity contribution in [1.82, 2.24) is 9.55 Å². The molecule has 1 unspecified atom stereocenters. The van der Waals surface area contributed by atoms with Gasteiger partial charge < -0.3 is 5.11 Å². The van der Waals surface area contributed by atoms with E-state index in [1.54, 1.807) is 12.1 Å². The number of aromatic nitrogens is 2. The molecule has 38 heavy (non-hydrogen) atoms. The van der Waals surface area contributed by atoms with Crippen molar-refractivity contribution in [1.29, 1.82) is 0 Å². The zero-order valence-electron chi connectivity index (χ0n) is 19.8. The molecule has 1 N–H and O–H groups in total. The number of nitrogens with zero attached hydrogens (tertiary/aromatic N) is 2. The Kier molecular flexibility index (Phi) is 6.69. The lowest BCUT2D eigenvalue weighted by Gasteiger charge is -2.24. The molecule has 1 heterocycles. The molecule has 0 aliphatic heterocycles. The second-order valence-electron chi connectivity index (χ2n) is 8.78. The molecule has 0 bridgehead atoms. The van der Waals surface area contributed by atoms with Crippen LogP contribution in [0.1, 0.15) is 18.2 Å². The van der Waals surface area contributed by atoms with Crippen molar-refractivity contribution < 1.29 is 39.9 Å². The number of alkyl halides is 6. The molecule has 0 radical (unpaired) electrons. The van der Waals surface area contributed by atoms with E-state index < -0.39 is 50.4 Å². The fraction of sp³-hybridized carbons (Fsp3) is 0.192. The Bertz CT molecular complexity index is 1590. The van der Waals surface area contributed by atoms with Gasteiger partial charge in [-0.05, 0) is 48.4 Å². The fourth-order valence-electron chi connectivity index (χ4n) is 3.79. The maximum absolute atomic E-state index is 13.7. The zero-order chi connectivity index (χ0) is 28.1. The number of imidazole rings is 1. The van der Waals surface area contributed by atoms with E-state index in [4.69, 9.17) is 0 Å². The van der Waals surface area contributed by atoms with Crippen molar-refractivity contribution in [3.8, 4) is 28.2 Å². The SMILES string of the molecule is CC(O)(c1cn(-c2ccc(-c3cccc(S(C)(=O)=O)c3)cc2)c(-c2ccccc2C(F)(F)F)n1)C(F)(F)F. The average Bonchev–Trinajstić information content (AvgIpc) is 3.29. The standard InChI is InChI=1S/C26H20F6N2O3S/c1-24(35,26(30,31)32)22-15-34(23(33-22)20-8-3-4-9-21(20)25(27,28)29)18-12-10-16(11-13-18)17-6-5-7-19(14-17)38(2,36)37/h3-15,35H,1-2H3. The van der Waals surface area contributed by atoms with Gasteiger partial charge >= 0.3 is 12.4 Å². The van der Waals surface area contributed by atoms with Crippen LogP contribution in [-0.4, -0.2) is 35.5 Å². The highest BCUT2D eigenvalue weighted by molar-refractivity contribution is 7.90. The smallest absolute Gasteiger partial charge is 0.375 e. The molecule has 200 valence electrons. The summed E-state index contributed by atoms with van der Waals surface area (Å²) in [5.41, 5.74) is -4.66.